The van der Waals surface area contributed by atoms with Gasteiger partial charge in [0.1, 0.15) is 5.75 Å². The van der Waals surface area contributed by atoms with Gasteiger partial charge in [-0.1, -0.05) is 13.0 Å². The standard InChI is InChI=1S/C13H18F2N2O2/c1-4-16-13(2,3)11(18)17-9-6-5-7-10(8-9)19-12(14)15/h5-8,12,16H,4H2,1-3H3,(H,17,18). The molecule has 0 unspecified atom stereocenters. The van der Waals surface area contributed by atoms with E-state index in [0.29, 0.717) is 12.2 Å². The largest absolute Gasteiger partial charge is 0.435 e. The lowest BCUT2D eigenvalue weighted by atomic mass is 10.0. The molecule has 0 fully saturated rings. The smallest absolute Gasteiger partial charge is 0.387 e. The Hall–Kier alpha value is -1.69. The van der Waals surface area contributed by atoms with E-state index in [1.807, 2.05) is 6.92 Å². The number of carbonyl (C=O) groups excluding carboxylic acids is 1. The lowest BCUT2D eigenvalue weighted by molar-refractivity contribution is -0.121. The van der Waals surface area contributed by atoms with E-state index in [2.05, 4.69) is 15.4 Å². The van der Waals surface area contributed by atoms with E-state index in [1.165, 1.54) is 18.2 Å². The average molecular weight is 272 g/mol. The van der Waals surface area contributed by atoms with Crippen LogP contribution in [-0.2, 0) is 4.79 Å². The number of hydrogen-bond donors (Lipinski definition) is 2. The first kappa shape index (κ1) is 15.4. The van der Waals surface area contributed by atoms with Gasteiger partial charge in [0.2, 0.25) is 5.91 Å². The molecule has 1 amide bonds. The minimum absolute atomic E-state index is 0.00839. The Balaban J connectivity index is 2.74. The lowest BCUT2D eigenvalue weighted by Gasteiger charge is -2.24. The fraction of sp³-hybridized carbons (Fsp3) is 0.462. The maximum Gasteiger partial charge on any atom is 0.387 e. The van der Waals surface area contributed by atoms with Crippen LogP contribution in [0.15, 0.2) is 24.3 Å². The zero-order valence-corrected chi connectivity index (χ0v) is 11.2. The molecule has 0 radical (unpaired) electrons. The van der Waals surface area contributed by atoms with Gasteiger partial charge >= 0.3 is 6.61 Å². The first-order valence-corrected chi connectivity index (χ1v) is 5.96. The van der Waals surface area contributed by atoms with Gasteiger partial charge in [0, 0.05) is 11.8 Å². The van der Waals surface area contributed by atoms with Crippen molar-refractivity contribution >= 4 is 11.6 Å². The predicted molar refractivity (Wildman–Crippen MR) is 69.5 cm³/mol. The quantitative estimate of drug-likeness (QED) is 0.837. The Morgan fingerprint density at radius 2 is 2.11 bits per heavy atom. The summed E-state index contributed by atoms with van der Waals surface area (Å²) in [6.07, 6.45) is 0. The molecular formula is C13H18F2N2O2. The number of hydrogen-bond acceptors (Lipinski definition) is 3. The highest BCUT2D eigenvalue weighted by Gasteiger charge is 2.26. The van der Waals surface area contributed by atoms with Crippen molar-refractivity contribution in [2.24, 2.45) is 0 Å². The molecule has 4 nitrogen and oxygen atoms in total. The third-order valence-corrected chi connectivity index (χ3v) is 2.50. The van der Waals surface area contributed by atoms with Gasteiger partial charge in [-0.3, -0.25) is 4.79 Å². The maximum atomic E-state index is 12.1. The Bertz CT molecular complexity index is 436. The molecule has 0 aliphatic rings. The van der Waals surface area contributed by atoms with Crippen LogP contribution < -0.4 is 15.4 Å². The third-order valence-electron chi connectivity index (χ3n) is 2.50. The van der Waals surface area contributed by atoms with Gasteiger partial charge in [-0.05, 0) is 32.5 Å². The molecule has 0 aliphatic heterocycles. The average Bonchev–Trinajstić information content (AvgIpc) is 2.28. The molecule has 0 aromatic heterocycles. The van der Waals surface area contributed by atoms with E-state index in [1.54, 1.807) is 19.9 Å². The van der Waals surface area contributed by atoms with Crippen molar-refractivity contribution in [3.05, 3.63) is 24.3 Å². The summed E-state index contributed by atoms with van der Waals surface area (Å²) in [7, 11) is 0. The van der Waals surface area contributed by atoms with Crippen LogP contribution in [0.2, 0.25) is 0 Å². The number of alkyl halides is 2. The van der Waals surface area contributed by atoms with E-state index in [0.717, 1.165) is 0 Å². The van der Waals surface area contributed by atoms with Crippen LogP contribution in [0.25, 0.3) is 0 Å². The summed E-state index contributed by atoms with van der Waals surface area (Å²) in [6.45, 7) is 3.14. The van der Waals surface area contributed by atoms with Crippen LogP contribution in [0.5, 0.6) is 5.75 Å². The van der Waals surface area contributed by atoms with Crippen molar-refractivity contribution in [1.82, 2.24) is 5.32 Å². The van der Waals surface area contributed by atoms with E-state index in [4.69, 9.17) is 0 Å². The van der Waals surface area contributed by atoms with Gasteiger partial charge in [0.25, 0.3) is 0 Å². The molecule has 19 heavy (non-hydrogen) atoms. The number of anilines is 1. The van der Waals surface area contributed by atoms with Crippen molar-refractivity contribution in [3.8, 4) is 5.75 Å². The second-order valence-corrected chi connectivity index (χ2v) is 4.52. The predicted octanol–water partition coefficient (Wildman–Crippen LogP) is 2.61. The summed E-state index contributed by atoms with van der Waals surface area (Å²) >= 11 is 0. The zero-order chi connectivity index (χ0) is 14.5. The number of halogens is 2. The first-order valence-electron chi connectivity index (χ1n) is 5.96. The highest BCUT2D eigenvalue weighted by molar-refractivity contribution is 5.97. The Kier molecular flexibility index (Phi) is 5.23. The SMILES string of the molecule is CCNC(C)(C)C(=O)Nc1cccc(OC(F)F)c1. The van der Waals surface area contributed by atoms with Crippen LogP contribution in [0.1, 0.15) is 20.8 Å². The van der Waals surface area contributed by atoms with E-state index >= 15 is 0 Å². The van der Waals surface area contributed by atoms with Gasteiger partial charge < -0.3 is 15.4 Å². The summed E-state index contributed by atoms with van der Waals surface area (Å²) in [4.78, 5) is 12.0. The highest BCUT2D eigenvalue weighted by atomic mass is 19.3. The van der Waals surface area contributed by atoms with E-state index in [-0.39, 0.29) is 11.7 Å². The molecule has 0 saturated heterocycles. The van der Waals surface area contributed by atoms with Gasteiger partial charge in [-0.2, -0.15) is 8.78 Å². The molecule has 1 rings (SSSR count). The van der Waals surface area contributed by atoms with Gasteiger partial charge in [-0.25, -0.2) is 0 Å². The van der Waals surface area contributed by atoms with Crippen LogP contribution in [0, 0.1) is 0 Å². The molecule has 0 heterocycles. The molecule has 0 aliphatic carbocycles. The molecule has 1 aromatic rings. The van der Waals surface area contributed by atoms with Crippen molar-refractivity contribution < 1.29 is 18.3 Å². The lowest BCUT2D eigenvalue weighted by Crippen LogP contribution is -2.49. The monoisotopic (exact) mass is 272 g/mol. The Morgan fingerprint density at radius 3 is 2.68 bits per heavy atom. The molecule has 0 bridgehead atoms. The fourth-order valence-electron chi connectivity index (χ4n) is 1.56. The van der Waals surface area contributed by atoms with Crippen LogP contribution in [-0.4, -0.2) is 24.6 Å². The van der Waals surface area contributed by atoms with Gasteiger partial charge in [-0.15, -0.1) is 0 Å². The molecular weight excluding hydrogens is 254 g/mol. The number of carbonyl (C=O) groups is 1. The number of ether oxygens (including phenoxy) is 1. The second kappa shape index (κ2) is 6.47. The maximum absolute atomic E-state index is 12.1. The molecule has 0 saturated carbocycles. The molecule has 6 heteroatoms. The number of rotatable bonds is 6. The third kappa shape index (κ3) is 4.82. The Morgan fingerprint density at radius 1 is 1.42 bits per heavy atom. The van der Waals surface area contributed by atoms with Crippen LogP contribution in [0.4, 0.5) is 14.5 Å². The van der Waals surface area contributed by atoms with Crippen LogP contribution >= 0.6 is 0 Å². The minimum Gasteiger partial charge on any atom is -0.435 e. The van der Waals surface area contributed by atoms with Crippen molar-refractivity contribution in [2.45, 2.75) is 32.9 Å². The van der Waals surface area contributed by atoms with Crippen molar-refractivity contribution in [3.63, 3.8) is 0 Å². The highest BCUT2D eigenvalue weighted by Crippen LogP contribution is 2.20. The molecule has 1 aromatic carbocycles. The van der Waals surface area contributed by atoms with Gasteiger partial charge in [0.05, 0.1) is 5.54 Å². The normalized spacial score (nSPS) is 11.5. The summed E-state index contributed by atoms with van der Waals surface area (Å²) in [5.74, 6) is -0.238. The van der Waals surface area contributed by atoms with E-state index in [9.17, 15) is 13.6 Å². The summed E-state index contributed by atoms with van der Waals surface area (Å²) in [6, 6.07) is 5.90. The van der Waals surface area contributed by atoms with Crippen molar-refractivity contribution in [1.29, 1.82) is 0 Å². The Labute approximate surface area is 111 Å². The van der Waals surface area contributed by atoms with Gasteiger partial charge in [0.15, 0.2) is 0 Å². The fourth-order valence-corrected chi connectivity index (χ4v) is 1.56. The topological polar surface area (TPSA) is 50.4 Å². The number of likely N-dealkylation sites (N-methyl/N-ethyl adjacent to an activating group) is 1. The number of amides is 1. The summed E-state index contributed by atoms with van der Waals surface area (Å²) < 4.78 is 28.4. The first-order chi connectivity index (χ1) is 8.85. The minimum atomic E-state index is -2.89. The number of benzene rings is 1. The second-order valence-electron chi connectivity index (χ2n) is 4.52. The number of nitrogens with one attached hydrogen (secondary N) is 2. The molecule has 0 spiro atoms. The van der Waals surface area contributed by atoms with Crippen molar-refractivity contribution in [2.75, 3.05) is 11.9 Å². The summed E-state index contributed by atoms with van der Waals surface area (Å²) in [5.41, 5.74) is -0.331. The van der Waals surface area contributed by atoms with E-state index < -0.39 is 12.2 Å². The molecule has 2 N–H and O–H groups in total. The van der Waals surface area contributed by atoms with Crippen LogP contribution in [0.3, 0.4) is 0 Å². The zero-order valence-electron chi connectivity index (χ0n) is 11.2. The summed E-state index contributed by atoms with van der Waals surface area (Å²) in [5, 5.41) is 5.68. The molecule has 0 atom stereocenters. The molecule has 106 valence electrons.